The van der Waals surface area contributed by atoms with Crippen LogP contribution < -0.4 is 0 Å². The Kier molecular flexibility index (Phi) is 3.79. The van der Waals surface area contributed by atoms with E-state index in [1.165, 1.54) is 12.3 Å². The molecule has 7 heteroatoms. The Hall–Kier alpha value is -2.70. The van der Waals surface area contributed by atoms with E-state index in [1.54, 1.807) is 26.0 Å². The van der Waals surface area contributed by atoms with Crippen molar-refractivity contribution in [2.75, 3.05) is 6.61 Å². The van der Waals surface area contributed by atoms with E-state index >= 15 is 0 Å². The fourth-order valence-corrected chi connectivity index (χ4v) is 1.89. The standard InChI is InChI=1S/C13H13N3O4/c1-3-20-13(17)10-7-14-15-12(10)9-4-5-11(16(18)19)8(2)6-9/h4-7H,3H2,1-2H3,(H,14,15). The van der Waals surface area contributed by atoms with Crippen LogP contribution in [0, 0.1) is 17.0 Å². The number of aryl methyl sites for hydroxylation is 1. The third-order valence-electron chi connectivity index (χ3n) is 2.82. The second-order valence-corrected chi connectivity index (χ2v) is 4.14. The highest BCUT2D eigenvalue weighted by Gasteiger charge is 2.18. The Balaban J connectivity index is 2.43. The first-order valence-corrected chi connectivity index (χ1v) is 6.00. The normalized spacial score (nSPS) is 10.3. The van der Waals surface area contributed by atoms with E-state index in [4.69, 9.17) is 4.74 Å². The molecule has 20 heavy (non-hydrogen) atoms. The molecule has 0 fully saturated rings. The molecule has 0 unspecified atom stereocenters. The molecule has 0 saturated carbocycles. The number of ether oxygens (including phenoxy) is 1. The fourth-order valence-electron chi connectivity index (χ4n) is 1.89. The molecule has 0 amide bonds. The Labute approximate surface area is 114 Å². The van der Waals surface area contributed by atoms with Gasteiger partial charge in [-0.15, -0.1) is 0 Å². The Bertz CT molecular complexity index is 663. The lowest BCUT2D eigenvalue weighted by Crippen LogP contribution is -2.05. The maximum Gasteiger partial charge on any atom is 0.341 e. The SMILES string of the molecule is CCOC(=O)c1cn[nH]c1-c1ccc([N+](=O)[O-])c(C)c1. The molecule has 7 nitrogen and oxygen atoms in total. The number of hydrogen-bond donors (Lipinski definition) is 1. The summed E-state index contributed by atoms with van der Waals surface area (Å²) in [5.74, 6) is -0.479. The van der Waals surface area contributed by atoms with E-state index in [0.29, 0.717) is 22.4 Å². The van der Waals surface area contributed by atoms with Gasteiger partial charge in [0.05, 0.1) is 23.4 Å². The summed E-state index contributed by atoms with van der Waals surface area (Å²) in [7, 11) is 0. The van der Waals surface area contributed by atoms with Crippen LogP contribution in [0.2, 0.25) is 0 Å². The molecule has 0 radical (unpaired) electrons. The van der Waals surface area contributed by atoms with Crippen LogP contribution >= 0.6 is 0 Å². The molecule has 104 valence electrons. The number of nitro benzene ring substituents is 1. The molecule has 1 aromatic carbocycles. The molecule has 0 aliphatic heterocycles. The lowest BCUT2D eigenvalue weighted by atomic mass is 10.0. The topological polar surface area (TPSA) is 98.1 Å². The van der Waals surface area contributed by atoms with Gasteiger partial charge in [-0.3, -0.25) is 15.2 Å². The summed E-state index contributed by atoms with van der Waals surface area (Å²) in [6, 6.07) is 4.61. The molecule has 0 atom stereocenters. The number of carbonyl (C=O) groups excluding carboxylic acids is 1. The van der Waals surface area contributed by atoms with Crippen LogP contribution in [0.5, 0.6) is 0 Å². The molecule has 0 aliphatic carbocycles. The molecule has 0 bridgehead atoms. The van der Waals surface area contributed by atoms with Gasteiger partial charge in [-0.25, -0.2) is 4.79 Å². The highest BCUT2D eigenvalue weighted by atomic mass is 16.6. The number of rotatable bonds is 4. The number of aromatic nitrogens is 2. The molecule has 0 saturated heterocycles. The predicted molar refractivity (Wildman–Crippen MR) is 71.4 cm³/mol. The van der Waals surface area contributed by atoms with Gasteiger partial charge in [0.1, 0.15) is 5.56 Å². The van der Waals surface area contributed by atoms with Gasteiger partial charge < -0.3 is 4.74 Å². The number of nitro groups is 1. The van der Waals surface area contributed by atoms with Gasteiger partial charge in [-0.1, -0.05) is 0 Å². The molecule has 1 N–H and O–H groups in total. The van der Waals surface area contributed by atoms with Crippen LogP contribution in [0.3, 0.4) is 0 Å². The van der Waals surface area contributed by atoms with Crippen molar-refractivity contribution in [3.8, 4) is 11.3 Å². The van der Waals surface area contributed by atoms with Crippen LogP contribution in [0.1, 0.15) is 22.8 Å². The maximum absolute atomic E-state index is 11.8. The van der Waals surface area contributed by atoms with Crippen LogP contribution in [0.4, 0.5) is 5.69 Å². The minimum atomic E-state index is -0.479. The van der Waals surface area contributed by atoms with Gasteiger partial charge in [0.25, 0.3) is 5.69 Å². The van der Waals surface area contributed by atoms with Crippen molar-refractivity contribution in [2.24, 2.45) is 0 Å². The zero-order valence-corrected chi connectivity index (χ0v) is 11.0. The summed E-state index contributed by atoms with van der Waals surface area (Å²) in [5.41, 5.74) is 1.98. The summed E-state index contributed by atoms with van der Waals surface area (Å²) in [5, 5.41) is 17.3. The van der Waals surface area contributed by atoms with E-state index in [-0.39, 0.29) is 12.3 Å². The smallest absolute Gasteiger partial charge is 0.341 e. The Morgan fingerprint density at radius 2 is 2.25 bits per heavy atom. The second-order valence-electron chi connectivity index (χ2n) is 4.14. The van der Waals surface area contributed by atoms with Gasteiger partial charge in [-0.2, -0.15) is 5.10 Å². The van der Waals surface area contributed by atoms with E-state index < -0.39 is 10.9 Å². The highest BCUT2D eigenvalue weighted by Crippen LogP contribution is 2.27. The maximum atomic E-state index is 11.8. The average molecular weight is 275 g/mol. The van der Waals surface area contributed by atoms with Crippen molar-refractivity contribution >= 4 is 11.7 Å². The van der Waals surface area contributed by atoms with E-state index in [1.807, 2.05) is 0 Å². The molecular weight excluding hydrogens is 262 g/mol. The van der Waals surface area contributed by atoms with Crippen molar-refractivity contribution in [3.05, 3.63) is 45.6 Å². The van der Waals surface area contributed by atoms with E-state index in [9.17, 15) is 14.9 Å². The zero-order chi connectivity index (χ0) is 14.7. The number of carbonyl (C=O) groups is 1. The molecule has 1 heterocycles. The van der Waals surface area contributed by atoms with Crippen molar-refractivity contribution in [3.63, 3.8) is 0 Å². The third-order valence-corrected chi connectivity index (χ3v) is 2.82. The van der Waals surface area contributed by atoms with Crippen molar-refractivity contribution in [1.82, 2.24) is 10.2 Å². The summed E-state index contributed by atoms with van der Waals surface area (Å²) in [6.45, 7) is 3.62. The molecule has 2 rings (SSSR count). The number of hydrogen-bond acceptors (Lipinski definition) is 5. The minimum absolute atomic E-state index is 0.0333. The number of nitrogens with zero attached hydrogens (tertiary/aromatic N) is 2. The van der Waals surface area contributed by atoms with Crippen LogP contribution in [0.25, 0.3) is 11.3 Å². The van der Waals surface area contributed by atoms with E-state index in [2.05, 4.69) is 10.2 Å². The van der Waals surface area contributed by atoms with Gasteiger partial charge in [0.15, 0.2) is 0 Å². The monoisotopic (exact) mass is 275 g/mol. The largest absolute Gasteiger partial charge is 0.462 e. The van der Waals surface area contributed by atoms with Crippen molar-refractivity contribution < 1.29 is 14.5 Å². The van der Waals surface area contributed by atoms with Gasteiger partial charge >= 0.3 is 5.97 Å². The van der Waals surface area contributed by atoms with Gasteiger partial charge in [0.2, 0.25) is 0 Å². The number of benzene rings is 1. The summed E-state index contributed by atoms with van der Waals surface area (Å²) in [6.07, 6.45) is 1.38. The molecular formula is C13H13N3O4. The third kappa shape index (κ3) is 2.51. The number of aromatic amines is 1. The average Bonchev–Trinajstić information content (AvgIpc) is 2.87. The lowest BCUT2D eigenvalue weighted by Gasteiger charge is -2.04. The lowest BCUT2D eigenvalue weighted by molar-refractivity contribution is -0.385. The number of H-pyrrole nitrogens is 1. The predicted octanol–water partition coefficient (Wildman–Crippen LogP) is 2.47. The minimum Gasteiger partial charge on any atom is -0.462 e. The second kappa shape index (κ2) is 5.52. The van der Waals surface area contributed by atoms with Crippen LogP contribution in [-0.4, -0.2) is 27.7 Å². The zero-order valence-electron chi connectivity index (χ0n) is 11.0. The van der Waals surface area contributed by atoms with Gasteiger partial charge in [0, 0.05) is 17.2 Å². The summed E-state index contributed by atoms with van der Waals surface area (Å²) < 4.78 is 4.93. The first-order valence-electron chi connectivity index (χ1n) is 6.00. The van der Waals surface area contributed by atoms with Gasteiger partial charge in [-0.05, 0) is 26.0 Å². The highest BCUT2D eigenvalue weighted by molar-refractivity contribution is 5.96. The Morgan fingerprint density at radius 1 is 1.50 bits per heavy atom. The molecule has 1 aromatic heterocycles. The summed E-state index contributed by atoms with van der Waals surface area (Å²) in [4.78, 5) is 22.1. The molecule has 0 spiro atoms. The first kappa shape index (κ1) is 13.7. The summed E-state index contributed by atoms with van der Waals surface area (Å²) >= 11 is 0. The van der Waals surface area contributed by atoms with Crippen LogP contribution in [-0.2, 0) is 4.74 Å². The molecule has 0 aliphatic rings. The molecule has 2 aromatic rings. The van der Waals surface area contributed by atoms with Crippen LogP contribution in [0.15, 0.2) is 24.4 Å². The van der Waals surface area contributed by atoms with Crippen molar-refractivity contribution in [2.45, 2.75) is 13.8 Å². The number of esters is 1. The first-order chi connectivity index (χ1) is 9.54. The fraction of sp³-hybridized carbons (Fsp3) is 0.231. The van der Waals surface area contributed by atoms with E-state index in [0.717, 1.165) is 0 Å². The quantitative estimate of drug-likeness (QED) is 0.525. The Morgan fingerprint density at radius 3 is 2.85 bits per heavy atom. The number of nitrogens with one attached hydrogen (secondary N) is 1. The van der Waals surface area contributed by atoms with Crippen molar-refractivity contribution in [1.29, 1.82) is 0 Å².